The lowest BCUT2D eigenvalue weighted by Gasteiger charge is -2.32. The van der Waals surface area contributed by atoms with Crippen molar-refractivity contribution in [2.75, 3.05) is 0 Å². The van der Waals surface area contributed by atoms with Crippen LogP contribution in [0.4, 0.5) is 0 Å². The highest BCUT2D eigenvalue weighted by atomic mass is 16.5. The zero-order valence-electron chi connectivity index (χ0n) is 16.8. The van der Waals surface area contributed by atoms with Gasteiger partial charge in [0, 0.05) is 11.8 Å². The van der Waals surface area contributed by atoms with Crippen molar-refractivity contribution in [1.82, 2.24) is 0 Å². The highest BCUT2D eigenvalue weighted by Crippen LogP contribution is 2.30. The van der Waals surface area contributed by atoms with Crippen LogP contribution in [-0.2, 0) is 4.74 Å². The largest absolute Gasteiger partial charge is 0.374 e. The van der Waals surface area contributed by atoms with Crippen LogP contribution in [0.25, 0.3) is 0 Å². The molecule has 4 unspecified atom stereocenters. The molecule has 0 aliphatic rings. The van der Waals surface area contributed by atoms with Gasteiger partial charge in [0.15, 0.2) is 0 Å². The van der Waals surface area contributed by atoms with Crippen LogP contribution < -0.4 is 0 Å². The molecule has 0 saturated heterocycles. The van der Waals surface area contributed by atoms with E-state index in [9.17, 15) is 0 Å². The summed E-state index contributed by atoms with van der Waals surface area (Å²) < 4.78 is 6.64. The van der Waals surface area contributed by atoms with Crippen molar-refractivity contribution in [3.05, 3.63) is 70.8 Å². The zero-order chi connectivity index (χ0) is 18.4. The smallest absolute Gasteiger partial charge is 0.0642 e. The van der Waals surface area contributed by atoms with Gasteiger partial charge in [0.2, 0.25) is 0 Å². The first kappa shape index (κ1) is 19.7. The average Bonchev–Trinajstić information content (AvgIpc) is 2.63. The van der Waals surface area contributed by atoms with E-state index in [1.807, 2.05) is 0 Å². The Hall–Kier alpha value is -1.60. The van der Waals surface area contributed by atoms with Gasteiger partial charge in [0.05, 0.1) is 12.2 Å². The molecule has 0 heterocycles. The van der Waals surface area contributed by atoms with Crippen LogP contribution in [0, 0.1) is 13.8 Å². The number of rotatable bonds is 8. The first-order chi connectivity index (χ1) is 12.0. The van der Waals surface area contributed by atoms with Crippen molar-refractivity contribution in [3.63, 3.8) is 0 Å². The predicted octanol–water partition coefficient (Wildman–Crippen LogP) is 6.78. The lowest BCUT2D eigenvalue weighted by molar-refractivity contribution is -0.0376. The summed E-state index contributed by atoms with van der Waals surface area (Å²) in [6, 6.07) is 17.8. The summed E-state index contributed by atoms with van der Waals surface area (Å²) in [6.07, 6.45) is 2.57. The molecule has 0 aliphatic heterocycles. The van der Waals surface area contributed by atoms with Crippen LogP contribution in [0.5, 0.6) is 0 Å². The number of hydrogen-bond acceptors (Lipinski definition) is 1. The van der Waals surface area contributed by atoms with Crippen molar-refractivity contribution in [3.8, 4) is 0 Å². The Kier molecular flexibility index (Phi) is 7.25. The Morgan fingerprint density at radius 2 is 0.960 bits per heavy atom. The summed E-state index contributed by atoms with van der Waals surface area (Å²) in [6.45, 7) is 13.3. The van der Waals surface area contributed by atoms with Gasteiger partial charge in [-0.15, -0.1) is 0 Å². The first-order valence-corrected chi connectivity index (χ1v) is 9.74. The molecule has 0 fully saturated rings. The second-order valence-corrected chi connectivity index (χ2v) is 7.43. The van der Waals surface area contributed by atoms with Gasteiger partial charge in [-0.3, -0.25) is 0 Å². The summed E-state index contributed by atoms with van der Waals surface area (Å²) in [5, 5.41) is 0. The molecule has 0 bridgehead atoms. The van der Waals surface area contributed by atoms with E-state index in [1.165, 1.54) is 22.3 Å². The van der Waals surface area contributed by atoms with Gasteiger partial charge in [-0.25, -0.2) is 0 Å². The van der Waals surface area contributed by atoms with Crippen molar-refractivity contribution >= 4 is 0 Å². The molecule has 0 saturated carbocycles. The monoisotopic (exact) mass is 338 g/mol. The summed E-state index contributed by atoms with van der Waals surface area (Å²) >= 11 is 0. The van der Waals surface area contributed by atoms with E-state index in [2.05, 4.69) is 90.1 Å². The fourth-order valence-corrected chi connectivity index (χ4v) is 3.53. The SMILES string of the molecule is CCC(OC(CC)C(C)c1ccc(C)cc1)C(C)c1ccc(C)cc1. The maximum absolute atomic E-state index is 6.64. The standard InChI is InChI=1S/C24H34O/c1-7-23(19(5)21-13-9-17(3)10-14-21)25-24(8-2)20(6)22-15-11-18(4)12-16-22/h9-16,19-20,23-24H,7-8H2,1-6H3. The van der Waals surface area contributed by atoms with Crippen LogP contribution >= 0.6 is 0 Å². The maximum Gasteiger partial charge on any atom is 0.0642 e. The molecule has 136 valence electrons. The van der Waals surface area contributed by atoms with Gasteiger partial charge in [0.25, 0.3) is 0 Å². The Morgan fingerprint density at radius 1 is 0.640 bits per heavy atom. The molecule has 1 nitrogen and oxygen atoms in total. The molecule has 0 aliphatic carbocycles. The third-order valence-corrected chi connectivity index (χ3v) is 5.48. The maximum atomic E-state index is 6.64. The van der Waals surface area contributed by atoms with Crippen molar-refractivity contribution < 1.29 is 4.74 Å². The van der Waals surface area contributed by atoms with Crippen LogP contribution in [0.15, 0.2) is 48.5 Å². The Balaban J connectivity index is 2.11. The molecule has 2 rings (SSSR count). The molecule has 0 aromatic heterocycles. The van der Waals surface area contributed by atoms with Gasteiger partial charge < -0.3 is 4.74 Å². The number of benzene rings is 2. The topological polar surface area (TPSA) is 9.23 Å². The third-order valence-electron chi connectivity index (χ3n) is 5.48. The molecule has 4 atom stereocenters. The van der Waals surface area contributed by atoms with E-state index in [-0.39, 0.29) is 12.2 Å². The summed E-state index contributed by atoms with van der Waals surface area (Å²) in [4.78, 5) is 0. The molecule has 0 N–H and O–H groups in total. The highest BCUT2D eigenvalue weighted by Gasteiger charge is 2.25. The summed E-state index contributed by atoms with van der Waals surface area (Å²) in [5.41, 5.74) is 5.36. The molecule has 2 aromatic carbocycles. The normalized spacial score (nSPS) is 16.2. The lowest BCUT2D eigenvalue weighted by Crippen LogP contribution is -2.29. The zero-order valence-corrected chi connectivity index (χ0v) is 16.8. The molecule has 1 heteroatoms. The minimum absolute atomic E-state index is 0.251. The highest BCUT2D eigenvalue weighted by molar-refractivity contribution is 5.26. The molecule has 0 amide bonds. The van der Waals surface area contributed by atoms with Gasteiger partial charge in [0.1, 0.15) is 0 Å². The number of hydrogen-bond donors (Lipinski definition) is 0. The number of ether oxygens (including phenoxy) is 1. The molecule has 0 spiro atoms. The van der Waals surface area contributed by atoms with Gasteiger partial charge in [-0.2, -0.15) is 0 Å². The third kappa shape index (κ3) is 5.19. The van der Waals surface area contributed by atoms with E-state index in [0.717, 1.165) is 12.8 Å². The Morgan fingerprint density at radius 3 is 1.24 bits per heavy atom. The molecular formula is C24H34O. The predicted molar refractivity (Wildman–Crippen MR) is 108 cm³/mol. The first-order valence-electron chi connectivity index (χ1n) is 9.74. The van der Waals surface area contributed by atoms with Gasteiger partial charge >= 0.3 is 0 Å². The van der Waals surface area contributed by atoms with E-state index in [1.54, 1.807) is 0 Å². The molecule has 25 heavy (non-hydrogen) atoms. The Labute approximate surface area is 154 Å². The summed E-state index contributed by atoms with van der Waals surface area (Å²) in [7, 11) is 0. The number of aryl methyl sites for hydroxylation is 2. The lowest BCUT2D eigenvalue weighted by atomic mass is 9.90. The molecule has 2 aromatic rings. The van der Waals surface area contributed by atoms with E-state index >= 15 is 0 Å². The Bertz CT molecular complexity index is 569. The van der Waals surface area contributed by atoms with Crippen LogP contribution in [0.3, 0.4) is 0 Å². The molecular weight excluding hydrogens is 304 g/mol. The van der Waals surface area contributed by atoms with Crippen LogP contribution in [0.1, 0.15) is 74.6 Å². The molecule has 0 radical (unpaired) electrons. The quantitative estimate of drug-likeness (QED) is 0.515. The van der Waals surface area contributed by atoms with E-state index in [0.29, 0.717) is 11.8 Å². The second-order valence-electron chi connectivity index (χ2n) is 7.43. The van der Waals surface area contributed by atoms with Crippen LogP contribution in [0.2, 0.25) is 0 Å². The van der Waals surface area contributed by atoms with Crippen molar-refractivity contribution in [1.29, 1.82) is 0 Å². The van der Waals surface area contributed by atoms with Crippen LogP contribution in [-0.4, -0.2) is 12.2 Å². The van der Waals surface area contributed by atoms with Crippen molar-refractivity contribution in [2.45, 2.75) is 78.4 Å². The fourth-order valence-electron chi connectivity index (χ4n) is 3.53. The van der Waals surface area contributed by atoms with E-state index < -0.39 is 0 Å². The van der Waals surface area contributed by atoms with E-state index in [4.69, 9.17) is 4.74 Å². The average molecular weight is 339 g/mol. The van der Waals surface area contributed by atoms with Gasteiger partial charge in [-0.1, -0.05) is 87.4 Å². The summed E-state index contributed by atoms with van der Waals surface area (Å²) in [5.74, 6) is 0.815. The van der Waals surface area contributed by atoms with Gasteiger partial charge in [-0.05, 0) is 37.8 Å². The van der Waals surface area contributed by atoms with Crippen molar-refractivity contribution in [2.24, 2.45) is 0 Å². The minimum Gasteiger partial charge on any atom is -0.374 e. The fraction of sp³-hybridized carbons (Fsp3) is 0.500. The second kappa shape index (κ2) is 9.20. The minimum atomic E-state index is 0.251.